The fourth-order valence-corrected chi connectivity index (χ4v) is 11.5. The van der Waals surface area contributed by atoms with Gasteiger partial charge in [0.15, 0.2) is 0 Å². The van der Waals surface area contributed by atoms with Crippen LogP contribution < -0.4 is 25.9 Å². The number of ether oxygens (including phenoxy) is 2. The summed E-state index contributed by atoms with van der Waals surface area (Å²) in [5, 5.41) is 4.30. The van der Waals surface area contributed by atoms with Crippen LogP contribution in [0.2, 0.25) is 0 Å². The van der Waals surface area contributed by atoms with Crippen molar-refractivity contribution < 1.29 is 9.47 Å². The summed E-state index contributed by atoms with van der Waals surface area (Å²) in [6, 6.07) is 32.2. The van der Waals surface area contributed by atoms with E-state index >= 15 is 0 Å². The lowest BCUT2D eigenvalue weighted by atomic mass is 9.36. The number of benzene rings is 3. The second kappa shape index (κ2) is 14.2. The smallest absolute Gasteiger partial charge is 0.243 e. The largest absolute Gasteiger partial charge is 0.496 e. The maximum atomic E-state index is 6.22. The highest BCUT2D eigenvalue weighted by Gasteiger charge is 2.39. The Hall–Kier alpha value is -3.88. The van der Waals surface area contributed by atoms with Gasteiger partial charge in [-0.2, -0.15) is 0 Å². The number of hydrogen-bond acceptors (Lipinski definition) is 6. The summed E-state index contributed by atoms with van der Waals surface area (Å²) in [7, 11) is 3.60. The fraction of sp³-hybridized carbons (Fsp3) is 0.244. The third-order valence-corrected chi connectivity index (χ3v) is 14.8. The van der Waals surface area contributed by atoms with Gasteiger partial charge in [0.25, 0.3) is 0 Å². The van der Waals surface area contributed by atoms with Crippen LogP contribution in [0.1, 0.15) is 76.0 Å². The normalized spacial score (nSPS) is 12.3. The molecule has 52 heavy (non-hydrogen) atoms. The van der Waals surface area contributed by atoms with Crippen molar-refractivity contribution in [2.75, 3.05) is 14.2 Å². The van der Waals surface area contributed by atoms with Gasteiger partial charge >= 0.3 is 0 Å². The van der Waals surface area contributed by atoms with Crippen molar-refractivity contribution in [2.24, 2.45) is 0 Å². The van der Waals surface area contributed by atoms with Crippen LogP contribution in [0.3, 0.4) is 0 Å². The van der Waals surface area contributed by atoms with Gasteiger partial charge < -0.3 is 9.47 Å². The number of rotatable bonds is 10. The van der Waals surface area contributed by atoms with Crippen LogP contribution in [0, 0.1) is 0 Å². The molecule has 5 heterocycles. The summed E-state index contributed by atoms with van der Waals surface area (Å²) in [6.07, 6.45) is 0. The number of hydrogen-bond donors (Lipinski definition) is 0. The lowest BCUT2D eigenvalue weighted by molar-refractivity contribution is 0.416. The van der Waals surface area contributed by atoms with Crippen molar-refractivity contribution in [2.45, 2.75) is 59.3 Å². The number of fused-ring (bicyclic) bond motifs is 3. The topological polar surface area (TPSA) is 18.5 Å². The van der Waals surface area contributed by atoms with Crippen LogP contribution in [-0.2, 0) is 0 Å². The van der Waals surface area contributed by atoms with Gasteiger partial charge in [-0.1, -0.05) is 94.3 Å². The van der Waals surface area contributed by atoms with Gasteiger partial charge in [0.2, 0.25) is 6.71 Å². The van der Waals surface area contributed by atoms with Crippen molar-refractivity contribution in [1.82, 2.24) is 0 Å². The van der Waals surface area contributed by atoms with Gasteiger partial charge in [-0.25, -0.2) is 0 Å². The Labute approximate surface area is 324 Å². The predicted octanol–water partition coefficient (Wildman–Crippen LogP) is 12.5. The van der Waals surface area contributed by atoms with Crippen LogP contribution in [0.25, 0.3) is 51.5 Å². The van der Waals surface area contributed by atoms with E-state index in [0.29, 0.717) is 17.8 Å². The van der Waals surface area contributed by atoms with Crippen molar-refractivity contribution in [3.8, 4) is 63.0 Å². The first-order valence-corrected chi connectivity index (χ1v) is 21.5. The van der Waals surface area contributed by atoms with Gasteiger partial charge in [0.05, 0.1) is 14.2 Å². The highest BCUT2D eigenvalue weighted by Crippen LogP contribution is 2.45. The van der Waals surface area contributed by atoms with E-state index in [1.807, 2.05) is 22.7 Å². The zero-order chi connectivity index (χ0) is 36.3. The first kappa shape index (κ1) is 35.2. The van der Waals surface area contributed by atoms with Crippen molar-refractivity contribution in [3.63, 3.8) is 0 Å². The Kier molecular flexibility index (Phi) is 9.58. The van der Waals surface area contributed by atoms with Gasteiger partial charge in [0, 0.05) is 40.4 Å². The summed E-state index contributed by atoms with van der Waals surface area (Å²) < 4.78 is 12.4. The molecule has 4 aromatic heterocycles. The predicted molar refractivity (Wildman–Crippen MR) is 232 cm³/mol. The average molecular weight is 755 g/mol. The summed E-state index contributed by atoms with van der Waals surface area (Å²) in [6.45, 7) is 14.1. The molecule has 262 valence electrons. The average Bonchev–Trinajstić information content (AvgIpc) is 3.98. The van der Waals surface area contributed by atoms with Gasteiger partial charge in [-0.15, -0.1) is 45.3 Å². The summed E-state index contributed by atoms with van der Waals surface area (Å²) in [5.74, 6) is 2.98. The number of methoxy groups -OCH3 is 2. The Morgan fingerprint density at radius 1 is 0.481 bits per heavy atom. The molecule has 0 spiro atoms. The molecular weight excluding hydrogens is 712 g/mol. The number of thiophene rings is 4. The molecule has 1 aliphatic rings. The minimum Gasteiger partial charge on any atom is -0.496 e. The lowest BCUT2D eigenvalue weighted by Gasteiger charge is -2.27. The van der Waals surface area contributed by atoms with E-state index < -0.39 is 0 Å². The first-order chi connectivity index (χ1) is 25.2. The third-order valence-electron chi connectivity index (χ3n) is 10.4. The molecule has 3 aromatic carbocycles. The summed E-state index contributed by atoms with van der Waals surface area (Å²) >= 11 is 7.26. The Bertz CT molecular complexity index is 2210. The molecule has 0 saturated heterocycles. The minimum atomic E-state index is 0.0591. The standard InChI is InChI=1S/C45H43BO2S4/c1-25(2)28-19-29(26(3)4)45(30(20-28)27(5)6)46-35-21-33(39-13-15-43(51-39)41-11-9-17-49-41)37(47-7)23-31(35)32-24-38(48-8)34(22-36(32)46)40-14-16-44(52-40)42-12-10-18-50-42/h9-27H,1-8H3. The van der Waals surface area contributed by atoms with Crippen molar-refractivity contribution in [1.29, 1.82) is 0 Å². The van der Waals surface area contributed by atoms with E-state index in [2.05, 4.69) is 137 Å². The highest BCUT2D eigenvalue weighted by atomic mass is 32.1. The Morgan fingerprint density at radius 2 is 0.923 bits per heavy atom. The molecule has 7 heteroatoms. The second-order valence-corrected chi connectivity index (χ2v) is 18.6. The van der Waals surface area contributed by atoms with Crippen LogP contribution in [-0.4, -0.2) is 20.9 Å². The van der Waals surface area contributed by atoms with Crippen LogP contribution in [0.5, 0.6) is 11.5 Å². The molecule has 0 unspecified atom stereocenters. The van der Waals surface area contributed by atoms with E-state index in [1.165, 1.54) is 73.5 Å². The SMILES string of the molecule is COc1cc2c(cc1-c1ccc(-c3cccs3)s1)B(c1c(C(C)C)cc(C(C)C)cc1C(C)C)c1cc(-c3ccc(-c4cccs4)s3)c(OC)cc1-2. The third kappa shape index (κ3) is 6.10. The molecule has 1 aliphatic heterocycles. The maximum Gasteiger partial charge on any atom is 0.243 e. The molecule has 0 atom stereocenters. The van der Waals surface area contributed by atoms with E-state index in [-0.39, 0.29) is 6.71 Å². The van der Waals surface area contributed by atoms with Crippen molar-refractivity contribution in [3.05, 3.63) is 112 Å². The molecule has 0 amide bonds. The zero-order valence-electron chi connectivity index (χ0n) is 31.0. The summed E-state index contributed by atoms with van der Waals surface area (Å²) in [5.41, 5.74) is 13.2. The Morgan fingerprint density at radius 3 is 1.29 bits per heavy atom. The first-order valence-electron chi connectivity index (χ1n) is 18.1. The molecule has 7 aromatic rings. The Balaban J connectivity index is 1.40. The van der Waals surface area contributed by atoms with E-state index in [0.717, 1.165) is 22.6 Å². The second-order valence-electron chi connectivity index (χ2n) is 14.6. The molecule has 0 aliphatic carbocycles. The zero-order valence-corrected chi connectivity index (χ0v) is 34.3. The van der Waals surface area contributed by atoms with Gasteiger partial charge in [-0.3, -0.25) is 0 Å². The maximum absolute atomic E-state index is 6.22. The lowest BCUT2D eigenvalue weighted by Crippen LogP contribution is -2.52. The molecule has 0 radical (unpaired) electrons. The van der Waals surface area contributed by atoms with E-state index in [1.54, 1.807) is 36.9 Å². The molecular formula is C45H43BO2S4. The molecule has 0 fully saturated rings. The van der Waals surface area contributed by atoms with Gasteiger partial charge in [-0.05, 0) is 105 Å². The fourth-order valence-electron chi connectivity index (χ4n) is 7.75. The summed E-state index contributed by atoms with van der Waals surface area (Å²) in [4.78, 5) is 7.61. The molecule has 0 saturated carbocycles. The highest BCUT2D eigenvalue weighted by molar-refractivity contribution is 7.24. The molecule has 0 N–H and O–H groups in total. The van der Waals surface area contributed by atoms with Gasteiger partial charge in [0.1, 0.15) is 11.5 Å². The van der Waals surface area contributed by atoms with Crippen LogP contribution in [0.4, 0.5) is 0 Å². The molecule has 8 rings (SSSR count). The van der Waals surface area contributed by atoms with E-state index in [4.69, 9.17) is 9.47 Å². The monoisotopic (exact) mass is 754 g/mol. The molecule has 0 bridgehead atoms. The minimum absolute atomic E-state index is 0.0591. The van der Waals surface area contributed by atoms with Crippen molar-refractivity contribution >= 4 is 68.4 Å². The quantitative estimate of drug-likeness (QED) is 0.129. The van der Waals surface area contributed by atoms with Crippen LogP contribution in [0.15, 0.2) is 95.7 Å². The van der Waals surface area contributed by atoms with E-state index in [9.17, 15) is 0 Å². The molecule has 2 nitrogen and oxygen atoms in total. The van der Waals surface area contributed by atoms with Crippen LogP contribution >= 0.6 is 45.3 Å².